The number of alkyl carbamates (subject to hydrolysis) is 2. The van der Waals surface area contributed by atoms with Gasteiger partial charge in [-0.3, -0.25) is 14.4 Å². The zero-order chi connectivity index (χ0) is 41.7. The summed E-state index contributed by atoms with van der Waals surface area (Å²) in [6.07, 6.45) is 5.85. The van der Waals surface area contributed by atoms with Crippen LogP contribution in [-0.4, -0.2) is 88.2 Å². The molecule has 3 atom stereocenters. The van der Waals surface area contributed by atoms with Crippen molar-refractivity contribution < 1.29 is 33.1 Å². The van der Waals surface area contributed by atoms with Crippen molar-refractivity contribution in [3.05, 3.63) is 70.2 Å². The highest BCUT2D eigenvalue weighted by molar-refractivity contribution is 5.94. The van der Waals surface area contributed by atoms with Crippen molar-refractivity contribution in [2.45, 2.75) is 84.8 Å². The van der Waals surface area contributed by atoms with Crippen LogP contribution in [0.25, 0.3) is 44.5 Å². The topological polar surface area (TPSA) is 214 Å². The van der Waals surface area contributed by atoms with Crippen LogP contribution >= 0.6 is 0 Å². The predicted octanol–water partition coefficient (Wildman–Crippen LogP) is 5.90. The molecule has 1 saturated heterocycles. The first-order valence-corrected chi connectivity index (χ1v) is 19.7. The third-order valence-corrected chi connectivity index (χ3v) is 10.6. The minimum absolute atomic E-state index is 0.0968. The molecule has 6 rings (SSSR count). The molecule has 0 bridgehead atoms. The maximum Gasteiger partial charge on any atom is 0.407 e. The quantitative estimate of drug-likeness (QED) is 0.0663. The van der Waals surface area contributed by atoms with E-state index in [2.05, 4.69) is 40.6 Å². The number of ether oxygens (including phenoxy) is 2. The van der Waals surface area contributed by atoms with E-state index in [1.165, 1.54) is 14.2 Å². The molecule has 0 radical (unpaired) electrons. The number of hydrogen-bond donors (Lipinski definition) is 5. The van der Waals surface area contributed by atoms with Crippen molar-refractivity contribution in [2.24, 2.45) is 11.8 Å². The second-order valence-electron chi connectivity index (χ2n) is 15.4. The number of fused-ring (bicyclic) bond motifs is 2. The molecule has 0 saturated carbocycles. The van der Waals surface area contributed by atoms with Gasteiger partial charge in [0.1, 0.15) is 34.9 Å². The largest absolute Gasteiger partial charge is 0.456 e. The van der Waals surface area contributed by atoms with Gasteiger partial charge in [0.2, 0.25) is 17.2 Å². The zero-order valence-corrected chi connectivity index (χ0v) is 34.0. The number of hydrogen-bond acceptors (Lipinski definition) is 10. The molecule has 16 nitrogen and oxygen atoms in total. The number of nitrogens with zero attached hydrogens (tertiary/aromatic N) is 3. The van der Waals surface area contributed by atoms with Crippen LogP contribution in [0.1, 0.15) is 76.6 Å². The summed E-state index contributed by atoms with van der Waals surface area (Å²) in [5.74, 6) is 0.743. The van der Waals surface area contributed by atoms with Gasteiger partial charge in [-0.15, -0.1) is 0 Å². The fourth-order valence-electron chi connectivity index (χ4n) is 7.40. The number of likely N-dealkylation sites (tertiary alicyclic amines) is 1. The summed E-state index contributed by atoms with van der Waals surface area (Å²) in [5.41, 5.74) is 4.72. The van der Waals surface area contributed by atoms with Gasteiger partial charge in [-0.2, -0.15) is 0 Å². The van der Waals surface area contributed by atoms with Crippen molar-refractivity contribution in [2.75, 3.05) is 27.3 Å². The van der Waals surface area contributed by atoms with Gasteiger partial charge in [-0.05, 0) is 80.3 Å². The summed E-state index contributed by atoms with van der Waals surface area (Å²) < 4.78 is 15.7. The van der Waals surface area contributed by atoms with Gasteiger partial charge in [0.05, 0.1) is 54.8 Å². The molecule has 16 heteroatoms. The SMILES string of the molecule is COC(=O)NC(C(=O)NCCCCc1ncc(-c2cc3oc4ccc(-c5cnc(C6CCCN6C(=O)C(NC(=O)OC)C(C)C)[nH]5)cc4c(=O)c3cc2C)[nH]1)C(C)C. The molecule has 1 aliphatic heterocycles. The molecular formula is C42H52N8O8. The number of rotatable bonds is 14. The molecule has 5 aromatic rings. The molecule has 3 aromatic heterocycles. The van der Waals surface area contributed by atoms with Crippen molar-refractivity contribution in [1.82, 2.24) is 40.8 Å². The van der Waals surface area contributed by atoms with Crippen LogP contribution in [0.5, 0.6) is 0 Å². The van der Waals surface area contributed by atoms with Crippen LogP contribution in [0.15, 0.2) is 51.9 Å². The maximum atomic E-state index is 13.9. The molecule has 5 N–H and O–H groups in total. The molecule has 4 heterocycles. The van der Waals surface area contributed by atoms with E-state index in [-0.39, 0.29) is 35.1 Å². The van der Waals surface area contributed by atoms with Gasteiger partial charge in [0, 0.05) is 30.6 Å². The maximum absolute atomic E-state index is 13.9. The van der Waals surface area contributed by atoms with E-state index < -0.39 is 24.3 Å². The van der Waals surface area contributed by atoms with Gasteiger partial charge in [0.15, 0.2) is 0 Å². The molecule has 308 valence electrons. The number of nitrogens with one attached hydrogen (secondary N) is 5. The number of aromatic nitrogens is 4. The second-order valence-corrected chi connectivity index (χ2v) is 15.4. The van der Waals surface area contributed by atoms with Crippen molar-refractivity contribution in [3.8, 4) is 22.5 Å². The lowest BCUT2D eigenvalue weighted by Crippen LogP contribution is -2.51. The average Bonchev–Trinajstić information content (AvgIpc) is 4.00. The van der Waals surface area contributed by atoms with E-state index in [1.54, 1.807) is 29.4 Å². The monoisotopic (exact) mass is 796 g/mol. The van der Waals surface area contributed by atoms with Crippen LogP contribution in [0.3, 0.4) is 0 Å². The minimum atomic E-state index is -0.734. The molecular weight excluding hydrogens is 745 g/mol. The molecule has 0 aliphatic carbocycles. The number of H-pyrrole nitrogens is 2. The smallest absolute Gasteiger partial charge is 0.407 e. The fourth-order valence-corrected chi connectivity index (χ4v) is 7.40. The number of methoxy groups -OCH3 is 2. The van der Waals surface area contributed by atoms with Crippen molar-refractivity contribution >= 4 is 45.9 Å². The number of aromatic amines is 2. The third-order valence-electron chi connectivity index (χ3n) is 10.6. The first-order valence-electron chi connectivity index (χ1n) is 19.7. The Morgan fingerprint density at radius 1 is 0.879 bits per heavy atom. The lowest BCUT2D eigenvalue weighted by Gasteiger charge is -2.30. The molecule has 1 aliphatic rings. The van der Waals surface area contributed by atoms with Gasteiger partial charge in [0.25, 0.3) is 0 Å². The Morgan fingerprint density at radius 2 is 1.57 bits per heavy atom. The summed E-state index contributed by atoms with van der Waals surface area (Å²) in [6.45, 7) is 10.4. The van der Waals surface area contributed by atoms with Gasteiger partial charge in [-0.25, -0.2) is 19.6 Å². The number of benzene rings is 2. The van der Waals surface area contributed by atoms with E-state index in [0.717, 1.165) is 53.9 Å². The highest BCUT2D eigenvalue weighted by Crippen LogP contribution is 2.34. The Labute approximate surface area is 335 Å². The Balaban J connectivity index is 1.13. The first-order chi connectivity index (χ1) is 27.8. The first kappa shape index (κ1) is 41.4. The summed E-state index contributed by atoms with van der Waals surface area (Å²) in [6, 6.07) is 7.43. The van der Waals surface area contributed by atoms with E-state index in [0.29, 0.717) is 53.0 Å². The second kappa shape index (κ2) is 17.9. The van der Waals surface area contributed by atoms with Crippen LogP contribution in [0.2, 0.25) is 0 Å². The minimum Gasteiger partial charge on any atom is -0.456 e. The third kappa shape index (κ3) is 9.00. The molecule has 2 aromatic carbocycles. The predicted molar refractivity (Wildman–Crippen MR) is 218 cm³/mol. The molecule has 4 amide bonds. The average molecular weight is 797 g/mol. The Kier molecular flexibility index (Phi) is 12.8. The van der Waals surface area contributed by atoms with Gasteiger partial charge >= 0.3 is 12.2 Å². The van der Waals surface area contributed by atoms with Crippen LogP contribution < -0.4 is 21.4 Å². The molecule has 58 heavy (non-hydrogen) atoms. The number of unbranched alkanes of at least 4 members (excludes halogenated alkanes) is 1. The summed E-state index contributed by atoms with van der Waals surface area (Å²) in [7, 11) is 2.53. The zero-order valence-electron chi connectivity index (χ0n) is 34.0. The number of imidazole rings is 2. The Hall–Kier alpha value is -6.19. The van der Waals surface area contributed by atoms with Crippen LogP contribution in [0, 0.1) is 18.8 Å². The number of aryl methyl sites for hydroxylation is 2. The van der Waals surface area contributed by atoms with Crippen LogP contribution in [0.4, 0.5) is 9.59 Å². The van der Waals surface area contributed by atoms with Gasteiger partial charge in [-0.1, -0.05) is 27.7 Å². The summed E-state index contributed by atoms with van der Waals surface area (Å²) in [4.78, 5) is 81.5. The normalized spacial score (nSPS) is 15.2. The van der Waals surface area contributed by atoms with Crippen LogP contribution in [-0.2, 0) is 25.5 Å². The van der Waals surface area contributed by atoms with E-state index in [4.69, 9.17) is 9.15 Å². The lowest BCUT2D eigenvalue weighted by molar-refractivity contribution is -0.135. The fraction of sp³-hybridized carbons (Fsp3) is 0.452. The number of carbonyl (C=O) groups is 4. The standard InChI is InChI=1S/C42H52N8O8/c1-22(2)35(48-41(54)56-6)39(52)43-15-9-8-12-34-44-21-30(46-34)26-19-33-27(17-24(26)5)37(51)28-18-25(13-14-32(28)58-33)29-20-45-38(47-29)31-11-10-16-50(31)40(53)36(23(3)4)49-42(55)57-7/h13-14,17-23,31,35-36H,8-12,15-16H2,1-7H3,(H,43,52)(H,44,46)(H,45,47)(H,48,54)(H,49,55). The summed E-state index contributed by atoms with van der Waals surface area (Å²) >= 11 is 0. The van der Waals surface area contributed by atoms with Gasteiger partial charge < -0.3 is 44.7 Å². The van der Waals surface area contributed by atoms with E-state index in [9.17, 15) is 24.0 Å². The highest BCUT2D eigenvalue weighted by Gasteiger charge is 2.37. The molecule has 1 fully saturated rings. The molecule has 0 spiro atoms. The Morgan fingerprint density at radius 3 is 2.28 bits per heavy atom. The Bertz CT molecular complexity index is 2360. The summed E-state index contributed by atoms with van der Waals surface area (Å²) in [5, 5.41) is 9.02. The molecule has 3 unspecified atom stereocenters. The highest BCUT2D eigenvalue weighted by atomic mass is 16.5. The van der Waals surface area contributed by atoms with Crippen molar-refractivity contribution in [3.63, 3.8) is 0 Å². The van der Waals surface area contributed by atoms with E-state index in [1.807, 2.05) is 52.8 Å². The van der Waals surface area contributed by atoms with Crippen molar-refractivity contribution in [1.29, 1.82) is 0 Å². The number of carbonyl (C=O) groups excluding carboxylic acids is 4. The lowest BCUT2D eigenvalue weighted by atomic mass is 10.0. The number of amides is 4. The van der Waals surface area contributed by atoms with E-state index >= 15 is 0 Å².